The van der Waals surface area contributed by atoms with Crippen molar-refractivity contribution in [3.63, 3.8) is 0 Å². The van der Waals surface area contributed by atoms with Crippen LogP contribution >= 0.6 is 11.8 Å². The molecule has 0 spiro atoms. The number of anilines is 1. The lowest BCUT2D eigenvalue weighted by molar-refractivity contribution is 0.0601. The third-order valence-electron chi connectivity index (χ3n) is 5.12. The van der Waals surface area contributed by atoms with Gasteiger partial charge in [-0.05, 0) is 30.2 Å². The summed E-state index contributed by atoms with van der Waals surface area (Å²) in [7, 11) is 1.35. The Hall–Kier alpha value is -2.80. The summed E-state index contributed by atoms with van der Waals surface area (Å²) in [6.07, 6.45) is 0.754. The number of thioether (sulfide) groups is 1. The fourth-order valence-corrected chi connectivity index (χ4v) is 4.45. The number of carbonyl (C=O) groups is 1. The van der Waals surface area contributed by atoms with E-state index < -0.39 is 5.97 Å². The summed E-state index contributed by atoms with van der Waals surface area (Å²) in [5.41, 5.74) is 2.03. The van der Waals surface area contributed by atoms with Crippen molar-refractivity contribution >= 4 is 34.6 Å². The number of hydrogen-bond acceptors (Lipinski definition) is 6. The van der Waals surface area contributed by atoms with Gasteiger partial charge in [-0.25, -0.2) is 9.78 Å². The number of rotatable bonds is 5. The smallest absolute Gasteiger partial charge is 0.337 e. The molecule has 2 aromatic carbocycles. The van der Waals surface area contributed by atoms with Crippen LogP contribution in [0.25, 0.3) is 10.9 Å². The maximum absolute atomic E-state index is 13.3. The average molecular weight is 410 g/mol. The molecule has 150 valence electrons. The van der Waals surface area contributed by atoms with Gasteiger partial charge in [0.05, 0.1) is 23.6 Å². The van der Waals surface area contributed by atoms with Gasteiger partial charge in [0.1, 0.15) is 0 Å². The molecule has 0 radical (unpaired) electrons. The van der Waals surface area contributed by atoms with Gasteiger partial charge in [0, 0.05) is 31.1 Å². The van der Waals surface area contributed by atoms with E-state index in [2.05, 4.69) is 17.0 Å². The molecule has 1 saturated heterocycles. The number of hydrogen-bond donors (Lipinski definition) is 0. The van der Waals surface area contributed by atoms with Gasteiger partial charge in [-0.2, -0.15) is 11.8 Å². The highest BCUT2D eigenvalue weighted by Gasteiger charge is 2.20. The Morgan fingerprint density at radius 1 is 1.14 bits per heavy atom. The van der Waals surface area contributed by atoms with E-state index in [0.717, 1.165) is 31.0 Å². The lowest BCUT2D eigenvalue weighted by Crippen LogP contribution is -2.38. The highest BCUT2D eigenvalue weighted by Crippen LogP contribution is 2.21. The Morgan fingerprint density at radius 3 is 2.62 bits per heavy atom. The highest BCUT2D eigenvalue weighted by molar-refractivity contribution is 7.99. The van der Waals surface area contributed by atoms with E-state index in [1.165, 1.54) is 12.7 Å². The molecule has 1 aliphatic rings. The zero-order valence-electron chi connectivity index (χ0n) is 16.3. The second-order valence-electron chi connectivity index (χ2n) is 6.93. The quantitative estimate of drug-likeness (QED) is 0.604. The first-order chi connectivity index (χ1) is 14.2. The van der Waals surface area contributed by atoms with Crippen LogP contribution in [0.2, 0.25) is 0 Å². The minimum atomic E-state index is -0.433. The zero-order chi connectivity index (χ0) is 20.2. The van der Waals surface area contributed by atoms with Crippen molar-refractivity contribution in [1.82, 2.24) is 9.55 Å². The maximum Gasteiger partial charge on any atom is 0.337 e. The summed E-state index contributed by atoms with van der Waals surface area (Å²) >= 11 is 1.91. The summed E-state index contributed by atoms with van der Waals surface area (Å²) in [4.78, 5) is 32.2. The van der Waals surface area contributed by atoms with E-state index in [9.17, 15) is 9.59 Å². The van der Waals surface area contributed by atoms with Gasteiger partial charge in [-0.15, -0.1) is 0 Å². The second kappa shape index (κ2) is 8.69. The number of benzene rings is 2. The predicted octanol–water partition coefficient (Wildman–Crippen LogP) is 2.98. The van der Waals surface area contributed by atoms with Crippen LogP contribution in [-0.4, -0.2) is 47.2 Å². The molecule has 0 aliphatic carbocycles. The number of nitrogens with zero attached hydrogens (tertiary/aromatic N) is 3. The number of fused-ring (bicyclic) bond motifs is 1. The lowest BCUT2D eigenvalue weighted by Gasteiger charge is -2.29. The Morgan fingerprint density at radius 2 is 1.90 bits per heavy atom. The second-order valence-corrected chi connectivity index (χ2v) is 8.15. The summed E-state index contributed by atoms with van der Waals surface area (Å²) in [6, 6.07) is 15.1. The van der Waals surface area contributed by atoms with Gasteiger partial charge >= 0.3 is 5.97 Å². The first-order valence-electron chi connectivity index (χ1n) is 9.67. The van der Waals surface area contributed by atoms with Gasteiger partial charge in [0.15, 0.2) is 0 Å². The molecule has 0 bridgehead atoms. The van der Waals surface area contributed by atoms with Gasteiger partial charge in [0.2, 0.25) is 5.95 Å². The molecule has 0 amide bonds. The molecule has 2 heterocycles. The number of carbonyl (C=O) groups excluding carboxylic acids is 1. The van der Waals surface area contributed by atoms with Crippen LogP contribution in [0.3, 0.4) is 0 Å². The van der Waals surface area contributed by atoms with Gasteiger partial charge in [-0.1, -0.05) is 30.3 Å². The minimum absolute atomic E-state index is 0.0735. The standard InChI is InChI=1S/C22H23N3O3S/c1-28-21(27)17-7-8-18-19(15-17)23-22(24-11-13-29-14-12-24)25(20(18)26)10-9-16-5-3-2-4-6-16/h2-8,15H,9-14H2,1H3. The number of esters is 1. The third kappa shape index (κ3) is 4.15. The molecule has 1 fully saturated rings. The zero-order valence-corrected chi connectivity index (χ0v) is 17.2. The first-order valence-corrected chi connectivity index (χ1v) is 10.8. The molecule has 3 aromatic rings. The number of ether oxygens (including phenoxy) is 1. The largest absolute Gasteiger partial charge is 0.465 e. The topological polar surface area (TPSA) is 64.4 Å². The fourth-order valence-electron chi connectivity index (χ4n) is 3.55. The maximum atomic E-state index is 13.3. The van der Waals surface area contributed by atoms with Crippen molar-refractivity contribution < 1.29 is 9.53 Å². The Balaban J connectivity index is 1.79. The highest BCUT2D eigenvalue weighted by atomic mass is 32.2. The van der Waals surface area contributed by atoms with Crippen LogP contribution in [0.5, 0.6) is 0 Å². The molecular weight excluding hydrogens is 386 g/mol. The number of aromatic nitrogens is 2. The molecule has 29 heavy (non-hydrogen) atoms. The fraction of sp³-hybridized carbons (Fsp3) is 0.318. The van der Waals surface area contributed by atoms with Crippen LogP contribution in [-0.2, 0) is 17.7 Å². The van der Waals surface area contributed by atoms with E-state index in [4.69, 9.17) is 9.72 Å². The molecule has 0 saturated carbocycles. The minimum Gasteiger partial charge on any atom is -0.465 e. The summed E-state index contributed by atoms with van der Waals surface area (Å²) in [5, 5.41) is 0.515. The van der Waals surface area contributed by atoms with Crippen LogP contribution in [0, 0.1) is 0 Å². The average Bonchev–Trinajstić information content (AvgIpc) is 2.78. The Kier molecular flexibility index (Phi) is 5.85. The molecular formula is C22H23N3O3S. The van der Waals surface area contributed by atoms with Crippen LogP contribution < -0.4 is 10.5 Å². The van der Waals surface area contributed by atoms with Crippen molar-refractivity contribution in [3.8, 4) is 0 Å². The molecule has 0 N–H and O–H groups in total. The van der Waals surface area contributed by atoms with Crippen molar-refractivity contribution in [2.24, 2.45) is 0 Å². The van der Waals surface area contributed by atoms with E-state index in [1.807, 2.05) is 30.0 Å². The molecule has 0 unspecified atom stereocenters. The molecule has 1 aliphatic heterocycles. The van der Waals surface area contributed by atoms with Crippen LogP contribution in [0.4, 0.5) is 5.95 Å². The van der Waals surface area contributed by atoms with E-state index >= 15 is 0 Å². The van der Waals surface area contributed by atoms with E-state index in [0.29, 0.717) is 29.0 Å². The summed E-state index contributed by atoms with van der Waals surface area (Å²) < 4.78 is 6.59. The van der Waals surface area contributed by atoms with Crippen LogP contribution in [0.1, 0.15) is 15.9 Å². The lowest BCUT2D eigenvalue weighted by atomic mass is 10.1. The van der Waals surface area contributed by atoms with Crippen molar-refractivity contribution in [2.75, 3.05) is 36.6 Å². The SMILES string of the molecule is COC(=O)c1ccc2c(=O)n(CCc3ccccc3)c(N3CCSCC3)nc2c1. The number of methoxy groups -OCH3 is 1. The number of aryl methyl sites for hydroxylation is 1. The van der Waals surface area contributed by atoms with Gasteiger partial charge in [-0.3, -0.25) is 9.36 Å². The Bertz CT molecular complexity index is 1080. The monoisotopic (exact) mass is 409 g/mol. The van der Waals surface area contributed by atoms with Crippen LogP contribution in [0.15, 0.2) is 53.3 Å². The van der Waals surface area contributed by atoms with E-state index in [-0.39, 0.29) is 5.56 Å². The van der Waals surface area contributed by atoms with Crippen molar-refractivity contribution in [1.29, 1.82) is 0 Å². The third-order valence-corrected chi connectivity index (χ3v) is 6.06. The van der Waals surface area contributed by atoms with E-state index in [1.54, 1.807) is 22.8 Å². The van der Waals surface area contributed by atoms with Crippen molar-refractivity contribution in [2.45, 2.75) is 13.0 Å². The van der Waals surface area contributed by atoms with Gasteiger partial charge < -0.3 is 9.64 Å². The van der Waals surface area contributed by atoms with Gasteiger partial charge in [0.25, 0.3) is 5.56 Å². The first kappa shape index (κ1) is 19.5. The summed E-state index contributed by atoms with van der Waals surface area (Å²) in [5.74, 6) is 2.27. The molecule has 6 nitrogen and oxygen atoms in total. The molecule has 7 heteroatoms. The summed E-state index contributed by atoms with van der Waals surface area (Å²) in [6.45, 7) is 2.26. The normalized spacial score (nSPS) is 14.2. The molecule has 0 atom stereocenters. The van der Waals surface area contributed by atoms with Crippen molar-refractivity contribution in [3.05, 3.63) is 70.0 Å². The molecule has 1 aromatic heterocycles. The predicted molar refractivity (Wildman–Crippen MR) is 117 cm³/mol. The Labute approximate surface area is 173 Å². The molecule has 4 rings (SSSR count).